The minimum Gasteiger partial charge on any atom is -0.467 e. The van der Waals surface area contributed by atoms with Crippen molar-refractivity contribution in [2.24, 2.45) is 0 Å². The van der Waals surface area contributed by atoms with Crippen molar-refractivity contribution >= 4 is 5.91 Å². The average Bonchev–Trinajstić information content (AvgIpc) is 3.17. The van der Waals surface area contributed by atoms with Crippen LogP contribution in [0.1, 0.15) is 47.0 Å². The molecule has 0 spiro atoms. The van der Waals surface area contributed by atoms with E-state index in [0.717, 1.165) is 56.9 Å². The topological polar surface area (TPSA) is 45.9 Å². The number of halogens is 1. The fourth-order valence-electron chi connectivity index (χ4n) is 3.93. The van der Waals surface area contributed by atoms with E-state index in [1.807, 2.05) is 11.0 Å². The van der Waals surface area contributed by atoms with E-state index in [-0.39, 0.29) is 17.8 Å². The van der Waals surface area contributed by atoms with Crippen LogP contribution >= 0.6 is 0 Å². The second-order valence-corrected chi connectivity index (χ2v) is 7.25. The number of amides is 1. The smallest absolute Gasteiger partial charge is 0.257 e. The SMILES string of the molecule is O=C(c1coc(CN2CCOCC2)c1)N1CCCC[C@@H]1c1ccc(F)cc1. The molecular formula is C21H25FN2O3. The first-order chi connectivity index (χ1) is 13.2. The molecule has 0 bridgehead atoms. The van der Waals surface area contributed by atoms with E-state index in [0.29, 0.717) is 18.7 Å². The molecule has 2 aromatic rings. The Hall–Kier alpha value is -2.18. The van der Waals surface area contributed by atoms with Gasteiger partial charge < -0.3 is 14.1 Å². The van der Waals surface area contributed by atoms with Crippen LogP contribution in [-0.4, -0.2) is 48.6 Å². The zero-order chi connectivity index (χ0) is 18.6. The standard InChI is InChI=1S/C21H25FN2O3/c22-18-6-4-16(5-7-18)20-3-1-2-8-24(20)21(25)17-13-19(27-15-17)14-23-9-11-26-12-10-23/h4-7,13,15,20H,1-3,8-12,14H2/t20-/m1/s1. The molecule has 1 aromatic carbocycles. The highest BCUT2D eigenvalue weighted by Gasteiger charge is 2.29. The lowest BCUT2D eigenvalue weighted by Gasteiger charge is -2.36. The molecule has 1 amide bonds. The van der Waals surface area contributed by atoms with Crippen molar-refractivity contribution < 1.29 is 18.3 Å². The molecule has 4 rings (SSSR count). The summed E-state index contributed by atoms with van der Waals surface area (Å²) in [4.78, 5) is 17.3. The first-order valence-electron chi connectivity index (χ1n) is 9.64. The fraction of sp³-hybridized carbons (Fsp3) is 0.476. The van der Waals surface area contributed by atoms with Gasteiger partial charge in [-0.15, -0.1) is 0 Å². The van der Waals surface area contributed by atoms with Crippen LogP contribution in [0.5, 0.6) is 0 Å². The summed E-state index contributed by atoms with van der Waals surface area (Å²) in [6.45, 7) is 4.63. The lowest BCUT2D eigenvalue weighted by molar-refractivity contribution is 0.0313. The second-order valence-electron chi connectivity index (χ2n) is 7.25. The van der Waals surface area contributed by atoms with Crippen molar-refractivity contribution in [1.29, 1.82) is 0 Å². The zero-order valence-electron chi connectivity index (χ0n) is 15.4. The van der Waals surface area contributed by atoms with Crippen molar-refractivity contribution in [1.82, 2.24) is 9.80 Å². The van der Waals surface area contributed by atoms with E-state index in [1.54, 1.807) is 18.4 Å². The maximum absolute atomic E-state index is 13.3. The Morgan fingerprint density at radius 2 is 1.89 bits per heavy atom. The van der Waals surface area contributed by atoms with Gasteiger partial charge in [0.15, 0.2) is 0 Å². The maximum Gasteiger partial charge on any atom is 0.257 e. The van der Waals surface area contributed by atoms with Gasteiger partial charge in [0.2, 0.25) is 0 Å². The van der Waals surface area contributed by atoms with Crippen molar-refractivity contribution in [3.8, 4) is 0 Å². The Balaban J connectivity index is 1.47. The Labute approximate surface area is 158 Å². The summed E-state index contributed by atoms with van der Waals surface area (Å²) in [6, 6.07) is 8.34. The summed E-state index contributed by atoms with van der Waals surface area (Å²) in [6.07, 6.45) is 4.52. The lowest BCUT2D eigenvalue weighted by atomic mass is 9.94. The highest BCUT2D eigenvalue weighted by Crippen LogP contribution is 2.32. The fourth-order valence-corrected chi connectivity index (χ4v) is 3.93. The predicted octanol–water partition coefficient (Wildman–Crippen LogP) is 3.62. The summed E-state index contributed by atoms with van der Waals surface area (Å²) in [7, 11) is 0. The van der Waals surface area contributed by atoms with Gasteiger partial charge in [0.25, 0.3) is 5.91 Å². The first kappa shape index (κ1) is 18.2. The molecule has 2 saturated heterocycles. The molecule has 5 nitrogen and oxygen atoms in total. The van der Waals surface area contributed by atoms with Crippen LogP contribution in [0.2, 0.25) is 0 Å². The van der Waals surface area contributed by atoms with Gasteiger partial charge in [0.1, 0.15) is 17.8 Å². The van der Waals surface area contributed by atoms with Gasteiger partial charge in [-0.05, 0) is 43.0 Å². The second kappa shape index (κ2) is 8.23. The third-order valence-electron chi connectivity index (χ3n) is 5.40. The van der Waals surface area contributed by atoms with Gasteiger partial charge in [-0.1, -0.05) is 12.1 Å². The van der Waals surface area contributed by atoms with E-state index >= 15 is 0 Å². The van der Waals surface area contributed by atoms with Gasteiger partial charge in [-0.3, -0.25) is 9.69 Å². The number of ether oxygens (including phenoxy) is 1. The summed E-state index contributed by atoms with van der Waals surface area (Å²) in [5.74, 6) is 0.534. The molecule has 144 valence electrons. The van der Waals surface area contributed by atoms with Crippen LogP contribution in [-0.2, 0) is 11.3 Å². The normalized spacial score (nSPS) is 21.4. The molecule has 1 aromatic heterocycles. The van der Waals surface area contributed by atoms with E-state index in [9.17, 15) is 9.18 Å². The van der Waals surface area contributed by atoms with Crippen molar-refractivity contribution in [2.75, 3.05) is 32.8 Å². The molecule has 27 heavy (non-hydrogen) atoms. The number of likely N-dealkylation sites (tertiary alicyclic amines) is 1. The summed E-state index contributed by atoms with van der Waals surface area (Å²) in [5, 5.41) is 0. The molecule has 2 fully saturated rings. The maximum atomic E-state index is 13.3. The Morgan fingerprint density at radius 1 is 1.11 bits per heavy atom. The number of furan rings is 1. The number of rotatable bonds is 4. The van der Waals surface area contributed by atoms with E-state index in [1.165, 1.54) is 12.1 Å². The molecule has 2 aliphatic heterocycles. The summed E-state index contributed by atoms with van der Waals surface area (Å²) in [5.41, 5.74) is 1.58. The molecule has 0 saturated carbocycles. The molecule has 3 heterocycles. The van der Waals surface area contributed by atoms with Crippen molar-refractivity contribution in [3.05, 3.63) is 59.3 Å². The largest absolute Gasteiger partial charge is 0.467 e. The number of morpholine rings is 1. The molecule has 6 heteroatoms. The minimum absolute atomic E-state index is 0.00977. The quantitative estimate of drug-likeness (QED) is 0.822. The van der Waals surface area contributed by atoms with Gasteiger partial charge in [0.05, 0.1) is 31.4 Å². The first-order valence-corrected chi connectivity index (χ1v) is 9.64. The van der Waals surface area contributed by atoms with Crippen LogP contribution in [0.3, 0.4) is 0 Å². The monoisotopic (exact) mass is 372 g/mol. The van der Waals surface area contributed by atoms with Gasteiger partial charge in [-0.25, -0.2) is 4.39 Å². The molecule has 0 aliphatic carbocycles. The Morgan fingerprint density at radius 3 is 2.67 bits per heavy atom. The molecular weight excluding hydrogens is 347 g/mol. The van der Waals surface area contributed by atoms with Crippen molar-refractivity contribution in [3.63, 3.8) is 0 Å². The van der Waals surface area contributed by atoms with Gasteiger partial charge >= 0.3 is 0 Å². The highest BCUT2D eigenvalue weighted by atomic mass is 19.1. The molecule has 0 N–H and O–H groups in total. The number of benzene rings is 1. The van der Waals surface area contributed by atoms with Crippen LogP contribution in [0.25, 0.3) is 0 Å². The molecule has 2 aliphatic rings. The summed E-state index contributed by atoms with van der Waals surface area (Å²) < 4.78 is 24.3. The van der Waals surface area contributed by atoms with Crippen molar-refractivity contribution in [2.45, 2.75) is 31.8 Å². The zero-order valence-corrected chi connectivity index (χ0v) is 15.4. The van der Waals surface area contributed by atoms with Crippen LogP contribution < -0.4 is 0 Å². The van der Waals surface area contributed by atoms with E-state index < -0.39 is 0 Å². The van der Waals surface area contributed by atoms with Crippen LogP contribution in [0, 0.1) is 5.82 Å². The van der Waals surface area contributed by atoms with Gasteiger partial charge in [-0.2, -0.15) is 0 Å². The molecule has 0 unspecified atom stereocenters. The minimum atomic E-state index is -0.255. The predicted molar refractivity (Wildman–Crippen MR) is 98.8 cm³/mol. The Kier molecular flexibility index (Phi) is 5.55. The number of hydrogen-bond acceptors (Lipinski definition) is 4. The summed E-state index contributed by atoms with van der Waals surface area (Å²) >= 11 is 0. The number of piperidine rings is 1. The average molecular weight is 372 g/mol. The van der Waals surface area contributed by atoms with Crippen LogP contribution in [0.4, 0.5) is 4.39 Å². The van der Waals surface area contributed by atoms with Crippen LogP contribution in [0.15, 0.2) is 41.0 Å². The van der Waals surface area contributed by atoms with E-state index in [2.05, 4.69) is 4.90 Å². The highest BCUT2D eigenvalue weighted by molar-refractivity contribution is 5.94. The number of carbonyl (C=O) groups excluding carboxylic acids is 1. The third-order valence-corrected chi connectivity index (χ3v) is 5.40. The van der Waals surface area contributed by atoms with E-state index in [4.69, 9.17) is 9.15 Å². The number of carbonyl (C=O) groups is 1. The Bertz CT molecular complexity index is 768. The number of hydrogen-bond donors (Lipinski definition) is 0. The lowest BCUT2D eigenvalue weighted by Crippen LogP contribution is -2.38. The van der Waals surface area contributed by atoms with Gasteiger partial charge in [0, 0.05) is 19.6 Å². The molecule has 1 atom stereocenters. The molecule has 0 radical (unpaired) electrons. The third kappa shape index (κ3) is 4.22. The number of nitrogens with zero attached hydrogens (tertiary/aromatic N) is 2.